The van der Waals surface area contributed by atoms with Crippen molar-refractivity contribution in [3.63, 3.8) is 0 Å². The van der Waals surface area contributed by atoms with E-state index in [9.17, 15) is 9.18 Å². The number of nitrogens with zero attached hydrogens (tertiary/aromatic N) is 4. The molecule has 0 bridgehead atoms. The van der Waals surface area contributed by atoms with Gasteiger partial charge in [0, 0.05) is 18.7 Å². The second kappa shape index (κ2) is 10.2. The van der Waals surface area contributed by atoms with Gasteiger partial charge in [0.05, 0.1) is 18.9 Å². The second-order valence-electron chi connectivity index (χ2n) is 7.84. The number of rotatable bonds is 7. The molecule has 1 saturated heterocycles. The molecule has 34 heavy (non-hydrogen) atoms. The highest BCUT2D eigenvalue weighted by Crippen LogP contribution is 2.39. The van der Waals surface area contributed by atoms with Crippen molar-refractivity contribution in [3.8, 4) is 5.69 Å². The molecule has 1 aliphatic rings. The maximum absolute atomic E-state index is 14.2. The fraction of sp³-hybridized carbons (Fsp3) is 0.192. The van der Waals surface area contributed by atoms with Gasteiger partial charge in [0.15, 0.2) is 10.9 Å². The first kappa shape index (κ1) is 22.3. The van der Waals surface area contributed by atoms with E-state index in [2.05, 4.69) is 15.1 Å². The van der Waals surface area contributed by atoms with Crippen molar-refractivity contribution >= 4 is 23.5 Å². The van der Waals surface area contributed by atoms with E-state index in [1.165, 1.54) is 23.9 Å². The summed E-state index contributed by atoms with van der Waals surface area (Å²) >= 11 is 1.32. The Morgan fingerprint density at radius 2 is 1.62 bits per heavy atom. The lowest BCUT2D eigenvalue weighted by Gasteiger charge is -2.28. The highest BCUT2D eigenvalue weighted by molar-refractivity contribution is 8.00. The van der Waals surface area contributed by atoms with Gasteiger partial charge in [0.2, 0.25) is 5.95 Å². The van der Waals surface area contributed by atoms with Gasteiger partial charge in [-0.25, -0.2) is 4.39 Å². The van der Waals surface area contributed by atoms with Gasteiger partial charge in [0.1, 0.15) is 11.1 Å². The molecule has 0 unspecified atom stereocenters. The van der Waals surface area contributed by atoms with Crippen LogP contribution in [0.3, 0.4) is 0 Å². The van der Waals surface area contributed by atoms with Crippen molar-refractivity contribution < 1.29 is 13.9 Å². The van der Waals surface area contributed by atoms with Gasteiger partial charge in [-0.05, 0) is 23.8 Å². The van der Waals surface area contributed by atoms with Crippen molar-refractivity contribution in [3.05, 3.63) is 102 Å². The number of thioether (sulfide) groups is 1. The number of anilines is 1. The van der Waals surface area contributed by atoms with Crippen LogP contribution in [0.15, 0.2) is 90.1 Å². The quantitative estimate of drug-likeness (QED) is 0.279. The molecule has 0 aliphatic carbocycles. The Labute approximate surface area is 201 Å². The molecule has 0 amide bonds. The van der Waals surface area contributed by atoms with Crippen LogP contribution in [0.5, 0.6) is 0 Å². The summed E-state index contributed by atoms with van der Waals surface area (Å²) in [7, 11) is 0. The largest absolute Gasteiger partial charge is 0.378 e. The molecule has 2 heterocycles. The molecular weight excluding hydrogens is 451 g/mol. The monoisotopic (exact) mass is 474 g/mol. The molecular formula is C26H23FN4O2S. The summed E-state index contributed by atoms with van der Waals surface area (Å²) in [4.78, 5) is 15.7. The number of carbonyl (C=O) groups is 1. The number of morpholine rings is 1. The standard InChI is InChI=1S/C26H23FN4O2S/c27-21-12-7-13-22(18-21)31-25(30-14-16-33-17-15-30)28-29-26(31)34-24(20-10-5-2-6-11-20)23(32)19-8-3-1-4-9-19/h1-13,18,24H,14-17H2/t24-/m0/s1. The fourth-order valence-electron chi connectivity index (χ4n) is 3.91. The zero-order valence-electron chi connectivity index (χ0n) is 18.4. The normalized spacial score (nSPS) is 14.7. The summed E-state index contributed by atoms with van der Waals surface area (Å²) in [5.74, 6) is 0.226. The molecule has 1 fully saturated rings. The molecule has 1 atom stereocenters. The van der Waals surface area contributed by atoms with Crippen molar-refractivity contribution in [2.24, 2.45) is 0 Å². The van der Waals surface area contributed by atoms with Crippen LogP contribution < -0.4 is 4.90 Å². The summed E-state index contributed by atoms with van der Waals surface area (Å²) < 4.78 is 21.5. The Morgan fingerprint density at radius 1 is 0.912 bits per heavy atom. The number of carbonyl (C=O) groups excluding carboxylic acids is 1. The highest BCUT2D eigenvalue weighted by atomic mass is 32.2. The lowest BCUT2D eigenvalue weighted by atomic mass is 10.0. The van der Waals surface area contributed by atoms with E-state index >= 15 is 0 Å². The molecule has 8 heteroatoms. The maximum Gasteiger partial charge on any atom is 0.232 e. The zero-order valence-corrected chi connectivity index (χ0v) is 19.2. The SMILES string of the molecule is O=C(c1ccccc1)[C@@H](Sc1nnc(N2CCOCC2)n1-c1cccc(F)c1)c1ccccc1. The minimum Gasteiger partial charge on any atom is -0.378 e. The van der Waals surface area contributed by atoms with Crippen LogP contribution in [0, 0.1) is 5.82 Å². The molecule has 6 nitrogen and oxygen atoms in total. The van der Waals surface area contributed by atoms with Crippen LogP contribution in [0.1, 0.15) is 21.2 Å². The van der Waals surface area contributed by atoms with Gasteiger partial charge >= 0.3 is 0 Å². The third-order valence-electron chi connectivity index (χ3n) is 5.60. The first-order valence-corrected chi connectivity index (χ1v) is 11.9. The topological polar surface area (TPSA) is 60.3 Å². The molecule has 0 radical (unpaired) electrons. The molecule has 172 valence electrons. The van der Waals surface area contributed by atoms with Crippen LogP contribution >= 0.6 is 11.8 Å². The minimum atomic E-state index is -0.544. The number of ether oxygens (including phenoxy) is 1. The van der Waals surface area contributed by atoms with Gasteiger partial charge in [-0.15, -0.1) is 10.2 Å². The average Bonchev–Trinajstić information content (AvgIpc) is 3.32. The minimum absolute atomic E-state index is 0.0292. The van der Waals surface area contributed by atoms with Gasteiger partial charge in [-0.2, -0.15) is 0 Å². The summed E-state index contributed by atoms with van der Waals surface area (Å²) in [6.07, 6.45) is 0. The van der Waals surface area contributed by atoms with Crippen LogP contribution in [0.2, 0.25) is 0 Å². The molecule has 0 spiro atoms. The van der Waals surface area contributed by atoms with Crippen molar-refractivity contribution in [1.82, 2.24) is 14.8 Å². The fourth-order valence-corrected chi connectivity index (χ4v) is 5.04. The van der Waals surface area contributed by atoms with Crippen LogP contribution in [0.25, 0.3) is 5.69 Å². The average molecular weight is 475 g/mol. The van der Waals surface area contributed by atoms with Crippen molar-refractivity contribution in [1.29, 1.82) is 0 Å². The molecule has 3 aromatic carbocycles. The predicted molar refractivity (Wildman–Crippen MR) is 130 cm³/mol. The number of benzene rings is 3. The molecule has 1 aromatic heterocycles. The lowest BCUT2D eigenvalue weighted by molar-refractivity contribution is 0.0989. The Hall–Kier alpha value is -3.49. The Morgan fingerprint density at radius 3 is 2.32 bits per heavy atom. The van der Waals surface area contributed by atoms with E-state index < -0.39 is 5.25 Å². The summed E-state index contributed by atoms with van der Waals surface area (Å²) in [6.45, 7) is 2.47. The van der Waals surface area contributed by atoms with Crippen molar-refractivity contribution in [2.75, 3.05) is 31.2 Å². The Balaban J connectivity index is 1.58. The summed E-state index contributed by atoms with van der Waals surface area (Å²) in [5, 5.41) is 8.89. The van der Waals surface area contributed by atoms with E-state index in [4.69, 9.17) is 4.74 Å². The molecule has 4 aromatic rings. The zero-order chi connectivity index (χ0) is 23.3. The van der Waals surface area contributed by atoms with Crippen molar-refractivity contribution in [2.45, 2.75) is 10.4 Å². The van der Waals surface area contributed by atoms with Gasteiger partial charge in [-0.1, -0.05) is 78.5 Å². The van der Waals surface area contributed by atoms with E-state index in [0.29, 0.717) is 48.7 Å². The Kier molecular flexibility index (Phi) is 6.69. The smallest absolute Gasteiger partial charge is 0.232 e. The number of Topliss-reactive ketones (excluding diaryl/α,β-unsaturated/α-hetero) is 1. The number of aromatic nitrogens is 3. The first-order valence-electron chi connectivity index (χ1n) is 11.1. The third-order valence-corrected chi connectivity index (χ3v) is 6.80. The van der Waals surface area contributed by atoms with E-state index in [1.807, 2.05) is 71.3 Å². The summed E-state index contributed by atoms with van der Waals surface area (Å²) in [6, 6.07) is 25.2. The van der Waals surface area contributed by atoms with E-state index in [1.54, 1.807) is 6.07 Å². The van der Waals surface area contributed by atoms with Crippen LogP contribution in [-0.2, 0) is 4.74 Å². The number of hydrogen-bond acceptors (Lipinski definition) is 6. The van der Waals surface area contributed by atoms with E-state index in [-0.39, 0.29) is 11.6 Å². The third kappa shape index (κ3) is 4.73. The summed E-state index contributed by atoms with van der Waals surface area (Å²) in [5.41, 5.74) is 2.09. The van der Waals surface area contributed by atoms with Crippen LogP contribution in [-0.4, -0.2) is 46.9 Å². The highest BCUT2D eigenvalue weighted by Gasteiger charge is 2.28. The van der Waals surface area contributed by atoms with Gasteiger partial charge in [-0.3, -0.25) is 9.36 Å². The molecule has 5 rings (SSSR count). The number of ketones is 1. The van der Waals surface area contributed by atoms with Crippen LogP contribution in [0.4, 0.5) is 10.3 Å². The molecule has 1 aliphatic heterocycles. The van der Waals surface area contributed by atoms with Gasteiger partial charge < -0.3 is 9.64 Å². The maximum atomic E-state index is 14.2. The lowest BCUT2D eigenvalue weighted by Crippen LogP contribution is -2.37. The predicted octanol–water partition coefficient (Wildman–Crippen LogP) is 4.96. The number of hydrogen-bond donors (Lipinski definition) is 0. The molecule has 0 N–H and O–H groups in total. The first-order chi connectivity index (χ1) is 16.7. The number of halogens is 1. The molecule has 0 saturated carbocycles. The van der Waals surface area contributed by atoms with Gasteiger partial charge in [0.25, 0.3) is 0 Å². The second-order valence-corrected chi connectivity index (χ2v) is 8.91. The Bertz CT molecular complexity index is 1260. The van der Waals surface area contributed by atoms with E-state index in [0.717, 1.165) is 5.56 Å².